The molecule has 0 fully saturated rings. The van der Waals surface area contributed by atoms with Crippen LogP contribution in [-0.4, -0.2) is 0 Å². The maximum absolute atomic E-state index is 4.18. The second kappa shape index (κ2) is 6.62. The molecule has 1 aliphatic rings. The number of hydrogen-bond donors (Lipinski definition) is 1. The van der Waals surface area contributed by atoms with Crippen LogP contribution in [0.1, 0.15) is 45.1 Å². The van der Waals surface area contributed by atoms with Crippen molar-refractivity contribution in [2.24, 2.45) is 0 Å². The summed E-state index contributed by atoms with van der Waals surface area (Å²) in [5.41, 5.74) is 7.18. The van der Waals surface area contributed by atoms with Crippen LogP contribution in [-0.2, 0) is 0 Å². The molecule has 1 N–H and O–H groups in total. The lowest BCUT2D eigenvalue weighted by molar-refractivity contribution is 0.899. The first-order valence-corrected chi connectivity index (χ1v) is 7.57. The van der Waals surface area contributed by atoms with E-state index in [0.29, 0.717) is 5.92 Å². The summed E-state index contributed by atoms with van der Waals surface area (Å²) >= 11 is 0. The third kappa shape index (κ3) is 3.75. The first-order valence-electron chi connectivity index (χ1n) is 7.57. The van der Waals surface area contributed by atoms with E-state index in [1.807, 2.05) is 0 Å². The van der Waals surface area contributed by atoms with E-state index in [1.54, 1.807) is 0 Å². The minimum absolute atomic E-state index is 0.397. The van der Waals surface area contributed by atoms with Crippen molar-refractivity contribution in [2.75, 3.05) is 5.32 Å². The van der Waals surface area contributed by atoms with Gasteiger partial charge in [0, 0.05) is 17.3 Å². The Morgan fingerprint density at radius 3 is 2.43 bits per heavy atom. The molecule has 1 aromatic carbocycles. The van der Waals surface area contributed by atoms with E-state index in [-0.39, 0.29) is 0 Å². The topological polar surface area (TPSA) is 12.0 Å². The molecule has 1 heteroatoms. The highest BCUT2D eigenvalue weighted by molar-refractivity contribution is 5.57. The summed E-state index contributed by atoms with van der Waals surface area (Å²) in [6, 6.07) is 8.55. The summed E-state index contributed by atoms with van der Waals surface area (Å²) in [5, 5.41) is 3.41. The van der Waals surface area contributed by atoms with E-state index >= 15 is 0 Å². The molecular formula is C20H25N. The van der Waals surface area contributed by atoms with Crippen molar-refractivity contribution < 1.29 is 0 Å². The minimum Gasteiger partial charge on any atom is -0.356 e. The molecular weight excluding hydrogens is 254 g/mol. The minimum atomic E-state index is 0.397. The Balaban J connectivity index is 2.09. The van der Waals surface area contributed by atoms with E-state index in [1.165, 1.54) is 22.3 Å². The highest BCUT2D eigenvalue weighted by atomic mass is 14.9. The second-order valence-electron chi connectivity index (χ2n) is 5.93. The van der Waals surface area contributed by atoms with Gasteiger partial charge >= 0.3 is 0 Å². The highest BCUT2D eigenvalue weighted by Crippen LogP contribution is 2.27. The average Bonchev–Trinajstić information content (AvgIpc) is 2.47. The van der Waals surface area contributed by atoms with Crippen LogP contribution in [0.25, 0.3) is 0 Å². The monoisotopic (exact) mass is 279 g/mol. The first kappa shape index (κ1) is 15.4. The van der Waals surface area contributed by atoms with Gasteiger partial charge in [-0.15, -0.1) is 0 Å². The van der Waals surface area contributed by atoms with Crippen molar-refractivity contribution in [1.29, 1.82) is 0 Å². The Hall–Kier alpha value is -2.02. The molecule has 0 spiro atoms. The Labute approximate surface area is 128 Å². The van der Waals surface area contributed by atoms with Crippen LogP contribution >= 0.6 is 0 Å². The van der Waals surface area contributed by atoms with Crippen molar-refractivity contribution >= 4 is 5.69 Å². The Morgan fingerprint density at radius 2 is 1.86 bits per heavy atom. The number of allylic oxidation sites excluding steroid dienone is 4. The lowest BCUT2D eigenvalue weighted by Crippen LogP contribution is -2.04. The molecule has 0 aliphatic heterocycles. The number of anilines is 1. The van der Waals surface area contributed by atoms with Gasteiger partial charge in [0.1, 0.15) is 0 Å². The fourth-order valence-electron chi connectivity index (χ4n) is 2.52. The summed E-state index contributed by atoms with van der Waals surface area (Å²) in [6.07, 6.45) is 6.65. The molecule has 1 unspecified atom stereocenters. The lowest BCUT2D eigenvalue weighted by atomic mass is 9.95. The number of nitrogens with one attached hydrogen (secondary N) is 1. The van der Waals surface area contributed by atoms with E-state index in [0.717, 1.165) is 24.2 Å². The van der Waals surface area contributed by atoms with E-state index < -0.39 is 0 Å². The zero-order valence-corrected chi connectivity index (χ0v) is 13.4. The molecule has 1 aliphatic carbocycles. The zero-order valence-electron chi connectivity index (χ0n) is 13.4. The predicted molar refractivity (Wildman–Crippen MR) is 93.5 cm³/mol. The SMILES string of the molecule is C=C(Nc1ccc(C(C)C(=C)C)cc1)C1=C(C)CCC=C1. The molecule has 0 radical (unpaired) electrons. The fourth-order valence-corrected chi connectivity index (χ4v) is 2.52. The molecule has 1 nitrogen and oxygen atoms in total. The summed E-state index contributed by atoms with van der Waals surface area (Å²) in [4.78, 5) is 0. The third-order valence-electron chi connectivity index (χ3n) is 4.20. The molecule has 2 rings (SSSR count). The van der Waals surface area contributed by atoms with Crippen molar-refractivity contribution in [1.82, 2.24) is 0 Å². The van der Waals surface area contributed by atoms with Gasteiger partial charge in [0.2, 0.25) is 0 Å². The summed E-state index contributed by atoms with van der Waals surface area (Å²) in [7, 11) is 0. The molecule has 0 heterocycles. The number of rotatable bonds is 5. The summed E-state index contributed by atoms with van der Waals surface area (Å²) in [6.45, 7) is 14.6. The van der Waals surface area contributed by atoms with Crippen LogP contribution in [0.3, 0.4) is 0 Å². The average molecular weight is 279 g/mol. The van der Waals surface area contributed by atoms with Crippen molar-refractivity contribution in [3.05, 3.63) is 77.6 Å². The summed E-state index contributed by atoms with van der Waals surface area (Å²) < 4.78 is 0. The molecule has 110 valence electrons. The molecule has 0 saturated carbocycles. The fraction of sp³-hybridized carbons (Fsp3) is 0.300. The molecule has 0 aromatic heterocycles. The van der Waals surface area contributed by atoms with Gasteiger partial charge in [-0.1, -0.05) is 55.5 Å². The van der Waals surface area contributed by atoms with Crippen LogP contribution in [0.15, 0.2) is 72.0 Å². The number of benzene rings is 1. The molecule has 0 saturated heterocycles. The zero-order chi connectivity index (χ0) is 15.4. The van der Waals surface area contributed by atoms with Gasteiger partial charge in [-0.3, -0.25) is 0 Å². The van der Waals surface area contributed by atoms with Gasteiger partial charge in [0.25, 0.3) is 0 Å². The van der Waals surface area contributed by atoms with Gasteiger partial charge in [-0.05, 0) is 50.0 Å². The smallest absolute Gasteiger partial charge is 0.0384 e. The van der Waals surface area contributed by atoms with Gasteiger partial charge < -0.3 is 5.32 Å². The van der Waals surface area contributed by atoms with Gasteiger partial charge in [0.15, 0.2) is 0 Å². The molecule has 0 amide bonds. The molecule has 1 aromatic rings. The van der Waals surface area contributed by atoms with Gasteiger partial charge in [-0.2, -0.15) is 0 Å². The standard InChI is InChI=1S/C20H25N/c1-14(2)16(4)18-10-12-19(13-11-18)21-17(5)20-9-7-6-8-15(20)3/h7,9-13,16,21H,1,5-6,8H2,2-4H3. The predicted octanol–water partition coefficient (Wildman–Crippen LogP) is 5.96. The van der Waals surface area contributed by atoms with Crippen molar-refractivity contribution in [2.45, 2.75) is 39.5 Å². The maximum Gasteiger partial charge on any atom is 0.0384 e. The second-order valence-corrected chi connectivity index (χ2v) is 5.93. The van der Waals surface area contributed by atoms with E-state index in [2.05, 4.69) is 75.7 Å². The quantitative estimate of drug-likeness (QED) is 0.656. The van der Waals surface area contributed by atoms with Crippen LogP contribution in [0, 0.1) is 0 Å². The Kier molecular flexibility index (Phi) is 4.85. The normalized spacial score (nSPS) is 15.8. The van der Waals surface area contributed by atoms with Crippen molar-refractivity contribution in [3.8, 4) is 0 Å². The molecule has 0 bridgehead atoms. The van der Waals surface area contributed by atoms with Gasteiger partial charge in [0.05, 0.1) is 0 Å². The largest absolute Gasteiger partial charge is 0.356 e. The maximum atomic E-state index is 4.18. The first-order chi connectivity index (χ1) is 9.99. The van der Waals surface area contributed by atoms with Gasteiger partial charge in [-0.25, -0.2) is 0 Å². The highest BCUT2D eigenvalue weighted by Gasteiger charge is 2.09. The Bertz CT molecular complexity index is 599. The molecule has 21 heavy (non-hydrogen) atoms. The number of hydrogen-bond acceptors (Lipinski definition) is 1. The van der Waals surface area contributed by atoms with E-state index in [4.69, 9.17) is 0 Å². The lowest BCUT2D eigenvalue weighted by Gasteiger charge is -2.17. The van der Waals surface area contributed by atoms with Crippen molar-refractivity contribution in [3.63, 3.8) is 0 Å². The van der Waals surface area contributed by atoms with Crippen LogP contribution in [0.2, 0.25) is 0 Å². The van der Waals surface area contributed by atoms with Crippen LogP contribution in [0.4, 0.5) is 5.69 Å². The summed E-state index contributed by atoms with van der Waals surface area (Å²) in [5.74, 6) is 0.397. The third-order valence-corrected chi connectivity index (χ3v) is 4.20. The molecule has 1 atom stereocenters. The van der Waals surface area contributed by atoms with Crippen LogP contribution < -0.4 is 5.32 Å². The van der Waals surface area contributed by atoms with E-state index in [9.17, 15) is 0 Å². The van der Waals surface area contributed by atoms with Crippen LogP contribution in [0.5, 0.6) is 0 Å². The Morgan fingerprint density at radius 1 is 1.19 bits per heavy atom.